The maximum absolute atomic E-state index is 11.6. The molecule has 0 N–H and O–H groups in total. The van der Waals surface area contributed by atoms with Crippen LogP contribution >= 0.6 is 0 Å². The van der Waals surface area contributed by atoms with Gasteiger partial charge in [0, 0.05) is 13.0 Å². The standard InChI is InChI=1S/C10H16O2/c1-3-4-6-9(11)10(2)7-5-8-12-10/h3H,1,4-8H2,2H3/t10-/m0/s1. The zero-order valence-electron chi connectivity index (χ0n) is 7.64. The number of rotatable bonds is 4. The second kappa shape index (κ2) is 3.85. The summed E-state index contributed by atoms with van der Waals surface area (Å²) in [5.41, 5.74) is -0.483. The minimum absolute atomic E-state index is 0.222. The molecule has 1 heterocycles. The minimum atomic E-state index is -0.483. The van der Waals surface area contributed by atoms with Gasteiger partial charge >= 0.3 is 0 Å². The van der Waals surface area contributed by atoms with E-state index < -0.39 is 5.60 Å². The molecule has 1 aliphatic rings. The summed E-state index contributed by atoms with van der Waals surface area (Å²) in [6, 6.07) is 0. The maximum Gasteiger partial charge on any atom is 0.164 e. The van der Waals surface area contributed by atoms with E-state index in [0.29, 0.717) is 6.42 Å². The third kappa shape index (κ3) is 1.95. The number of carbonyl (C=O) groups excluding carboxylic acids is 1. The molecule has 0 saturated carbocycles. The Hall–Kier alpha value is -0.630. The van der Waals surface area contributed by atoms with Gasteiger partial charge in [0.2, 0.25) is 0 Å². The molecule has 1 atom stereocenters. The van der Waals surface area contributed by atoms with Crippen molar-refractivity contribution in [3.8, 4) is 0 Å². The average molecular weight is 168 g/mol. The average Bonchev–Trinajstić information content (AvgIpc) is 2.49. The fourth-order valence-corrected chi connectivity index (χ4v) is 1.50. The number of ether oxygens (including phenoxy) is 1. The number of allylic oxidation sites excluding steroid dienone is 1. The van der Waals surface area contributed by atoms with Gasteiger partial charge in [-0.15, -0.1) is 6.58 Å². The molecule has 0 unspecified atom stereocenters. The van der Waals surface area contributed by atoms with Gasteiger partial charge in [-0.2, -0.15) is 0 Å². The van der Waals surface area contributed by atoms with Crippen molar-refractivity contribution < 1.29 is 9.53 Å². The van der Waals surface area contributed by atoms with Crippen LogP contribution in [0.15, 0.2) is 12.7 Å². The largest absolute Gasteiger partial charge is 0.368 e. The van der Waals surface area contributed by atoms with Crippen molar-refractivity contribution in [2.24, 2.45) is 0 Å². The molecule has 1 fully saturated rings. The highest BCUT2D eigenvalue weighted by atomic mass is 16.5. The zero-order chi connectivity index (χ0) is 9.03. The van der Waals surface area contributed by atoms with Gasteiger partial charge in [-0.1, -0.05) is 6.08 Å². The Balaban J connectivity index is 2.44. The molecule has 1 saturated heterocycles. The van der Waals surface area contributed by atoms with Crippen molar-refractivity contribution in [3.05, 3.63) is 12.7 Å². The lowest BCUT2D eigenvalue weighted by atomic mass is 9.94. The van der Waals surface area contributed by atoms with Crippen molar-refractivity contribution in [1.29, 1.82) is 0 Å². The molecule has 12 heavy (non-hydrogen) atoms. The molecule has 0 aromatic carbocycles. The Morgan fingerprint density at radius 2 is 2.50 bits per heavy atom. The summed E-state index contributed by atoms with van der Waals surface area (Å²) < 4.78 is 5.42. The number of carbonyl (C=O) groups is 1. The van der Waals surface area contributed by atoms with E-state index in [0.717, 1.165) is 25.9 Å². The first-order valence-corrected chi connectivity index (χ1v) is 4.47. The van der Waals surface area contributed by atoms with Gasteiger partial charge in [0.05, 0.1) is 0 Å². The van der Waals surface area contributed by atoms with Crippen LogP contribution in [-0.4, -0.2) is 18.0 Å². The van der Waals surface area contributed by atoms with E-state index in [4.69, 9.17) is 4.74 Å². The van der Waals surface area contributed by atoms with Crippen LogP contribution in [0.5, 0.6) is 0 Å². The summed E-state index contributed by atoms with van der Waals surface area (Å²) in [5, 5.41) is 0. The van der Waals surface area contributed by atoms with Crippen molar-refractivity contribution in [3.63, 3.8) is 0 Å². The molecule has 0 aromatic rings. The van der Waals surface area contributed by atoms with Crippen molar-refractivity contribution >= 4 is 5.78 Å². The van der Waals surface area contributed by atoms with Crippen LogP contribution in [0.1, 0.15) is 32.6 Å². The Labute approximate surface area is 73.6 Å². The Bertz CT molecular complexity index is 178. The molecule has 0 radical (unpaired) electrons. The number of hydrogen-bond acceptors (Lipinski definition) is 2. The van der Waals surface area contributed by atoms with E-state index in [9.17, 15) is 4.79 Å². The smallest absolute Gasteiger partial charge is 0.164 e. The molecule has 2 nitrogen and oxygen atoms in total. The summed E-state index contributed by atoms with van der Waals surface area (Å²) in [7, 11) is 0. The summed E-state index contributed by atoms with van der Waals surface area (Å²) in [4.78, 5) is 11.6. The summed E-state index contributed by atoms with van der Waals surface area (Å²) in [5.74, 6) is 0.222. The van der Waals surface area contributed by atoms with E-state index in [1.165, 1.54) is 0 Å². The van der Waals surface area contributed by atoms with Crippen LogP contribution in [0.4, 0.5) is 0 Å². The Morgan fingerprint density at radius 3 is 3.00 bits per heavy atom. The zero-order valence-corrected chi connectivity index (χ0v) is 7.64. The second-order valence-electron chi connectivity index (χ2n) is 3.43. The van der Waals surface area contributed by atoms with Crippen molar-refractivity contribution in [1.82, 2.24) is 0 Å². The summed E-state index contributed by atoms with van der Waals surface area (Å²) >= 11 is 0. The van der Waals surface area contributed by atoms with Crippen LogP contribution in [0.3, 0.4) is 0 Å². The van der Waals surface area contributed by atoms with Crippen molar-refractivity contribution in [2.45, 2.75) is 38.2 Å². The lowest BCUT2D eigenvalue weighted by Gasteiger charge is -2.20. The van der Waals surface area contributed by atoms with Crippen LogP contribution in [0, 0.1) is 0 Å². The molecule has 0 aliphatic carbocycles. The van der Waals surface area contributed by atoms with E-state index in [-0.39, 0.29) is 5.78 Å². The van der Waals surface area contributed by atoms with E-state index >= 15 is 0 Å². The van der Waals surface area contributed by atoms with E-state index in [1.807, 2.05) is 6.92 Å². The lowest BCUT2D eigenvalue weighted by molar-refractivity contribution is -0.137. The number of ketones is 1. The topological polar surface area (TPSA) is 26.3 Å². The third-order valence-corrected chi connectivity index (χ3v) is 2.38. The van der Waals surface area contributed by atoms with Gasteiger partial charge in [0.15, 0.2) is 5.78 Å². The molecular weight excluding hydrogens is 152 g/mol. The molecule has 68 valence electrons. The molecule has 2 heteroatoms. The molecular formula is C10H16O2. The van der Waals surface area contributed by atoms with Crippen molar-refractivity contribution in [2.75, 3.05) is 6.61 Å². The Morgan fingerprint density at radius 1 is 1.75 bits per heavy atom. The second-order valence-corrected chi connectivity index (χ2v) is 3.43. The molecule has 0 aromatic heterocycles. The third-order valence-electron chi connectivity index (χ3n) is 2.38. The van der Waals surface area contributed by atoms with E-state index in [2.05, 4.69) is 6.58 Å². The highest BCUT2D eigenvalue weighted by Gasteiger charge is 2.36. The quantitative estimate of drug-likeness (QED) is 0.601. The highest BCUT2D eigenvalue weighted by Crippen LogP contribution is 2.27. The van der Waals surface area contributed by atoms with Gasteiger partial charge in [-0.3, -0.25) is 4.79 Å². The first-order chi connectivity index (χ1) is 5.69. The van der Waals surface area contributed by atoms with Gasteiger partial charge in [-0.05, 0) is 26.2 Å². The van der Waals surface area contributed by atoms with Gasteiger partial charge < -0.3 is 4.74 Å². The first kappa shape index (κ1) is 9.46. The molecule has 1 rings (SSSR count). The Kier molecular flexibility index (Phi) is 3.04. The monoisotopic (exact) mass is 168 g/mol. The van der Waals surface area contributed by atoms with E-state index in [1.54, 1.807) is 6.08 Å². The maximum atomic E-state index is 11.6. The minimum Gasteiger partial charge on any atom is -0.368 e. The molecule has 0 bridgehead atoms. The predicted molar refractivity (Wildman–Crippen MR) is 48.0 cm³/mol. The van der Waals surface area contributed by atoms with Gasteiger partial charge in [0.1, 0.15) is 5.60 Å². The van der Waals surface area contributed by atoms with Crippen LogP contribution < -0.4 is 0 Å². The highest BCUT2D eigenvalue weighted by molar-refractivity contribution is 5.87. The lowest BCUT2D eigenvalue weighted by Crippen LogP contribution is -2.33. The molecule has 0 amide bonds. The summed E-state index contributed by atoms with van der Waals surface area (Å²) in [6.07, 6.45) is 4.99. The SMILES string of the molecule is C=CCCC(=O)[C@]1(C)CCCO1. The number of Topliss-reactive ketones (excluding diaryl/α,β-unsaturated/α-hetero) is 1. The van der Waals surface area contributed by atoms with Crippen LogP contribution in [-0.2, 0) is 9.53 Å². The first-order valence-electron chi connectivity index (χ1n) is 4.47. The van der Waals surface area contributed by atoms with Gasteiger partial charge in [0.25, 0.3) is 0 Å². The fourth-order valence-electron chi connectivity index (χ4n) is 1.50. The van der Waals surface area contributed by atoms with Crippen LogP contribution in [0.2, 0.25) is 0 Å². The fraction of sp³-hybridized carbons (Fsp3) is 0.700. The van der Waals surface area contributed by atoms with Crippen LogP contribution in [0.25, 0.3) is 0 Å². The normalized spacial score (nSPS) is 28.8. The number of hydrogen-bond donors (Lipinski definition) is 0. The predicted octanol–water partition coefficient (Wildman–Crippen LogP) is 2.09. The molecule has 0 spiro atoms. The van der Waals surface area contributed by atoms with Gasteiger partial charge in [-0.25, -0.2) is 0 Å². The molecule has 1 aliphatic heterocycles. The summed E-state index contributed by atoms with van der Waals surface area (Å²) in [6.45, 7) is 6.22.